The number of aromatic amines is 1. The van der Waals surface area contributed by atoms with Gasteiger partial charge in [0.15, 0.2) is 0 Å². The van der Waals surface area contributed by atoms with Crippen molar-refractivity contribution < 1.29 is 14.3 Å². The van der Waals surface area contributed by atoms with E-state index in [4.69, 9.17) is 16.3 Å². The number of aromatic nitrogens is 1. The van der Waals surface area contributed by atoms with Gasteiger partial charge in [0.2, 0.25) is 5.78 Å². The molecule has 0 saturated heterocycles. The third kappa shape index (κ3) is 1.67. The summed E-state index contributed by atoms with van der Waals surface area (Å²) in [7, 11) is 1.55. The molecule has 0 aliphatic heterocycles. The van der Waals surface area contributed by atoms with E-state index in [0.29, 0.717) is 11.1 Å². The van der Waals surface area contributed by atoms with Crippen LogP contribution in [0.3, 0.4) is 0 Å². The van der Waals surface area contributed by atoms with Gasteiger partial charge in [0.05, 0.1) is 12.7 Å². The summed E-state index contributed by atoms with van der Waals surface area (Å²) in [6.45, 7) is 0. The normalized spacial score (nSPS) is 10.4. The van der Waals surface area contributed by atoms with Crippen molar-refractivity contribution >= 4 is 33.5 Å². The second kappa shape index (κ2) is 3.98. The van der Waals surface area contributed by atoms with Crippen molar-refractivity contribution in [1.29, 1.82) is 0 Å². The molecule has 1 N–H and O–H groups in total. The van der Waals surface area contributed by atoms with Gasteiger partial charge in [-0.3, -0.25) is 9.59 Å². The summed E-state index contributed by atoms with van der Waals surface area (Å²) in [4.78, 5) is 25.1. The van der Waals surface area contributed by atoms with Crippen molar-refractivity contribution in [2.24, 2.45) is 0 Å². The fourth-order valence-electron chi connectivity index (χ4n) is 1.53. The molecule has 5 heteroatoms. The van der Waals surface area contributed by atoms with Gasteiger partial charge in [-0.15, -0.1) is 0 Å². The maximum absolute atomic E-state index is 11.4. The van der Waals surface area contributed by atoms with Crippen molar-refractivity contribution in [3.63, 3.8) is 0 Å². The third-order valence-electron chi connectivity index (χ3n) is 2.31. The number of ether oxygens (including phenoxy) is 1. The predicted octanol–water partition coefficient (Wildman–Crippen LogP) is 2.12. The fraction of sp³-hybridized carbons (Fsp3) is 0.0909. The van der Waals surface area contributed by atoms with E-state index in [9.17, 15) is 9.59 Å². The average Bonchev–Trinajstić information content (AvgIpc) is 2.70. The quantitative estimate of drug-likeness (QED) is 0.505. The number of hydrogen-bond acceptors (Lipinski definition) is 3. The van der Waals surface area contributed by atoms with E-state index in [-0.39, 0.29) is 5.56 Å². The minimum atomic E-state index is -0.989. The van der Waals surface area contributed by atoms with Gasteiger partial charge in [0.25, 0.3) is 5.24 Å². The Hall–Kier alpha value is -1.81. The van der Waals surface area contributed by atoms with E-state index < -0.39 is 11.0 Å². The lowest BCUT2D eigenvalue weighted by Gasteiger charge is -1.99. The van der Waals surface area contributed by atoms with Crippen LogP contribution in [0, 0.1) is 0 Å². The Labute approximate surface area is 96.2 Å². The Balaban J connectivity index is 2.58. The first-order valence-corrected chi connectivity index (χ1v) is 4.90. The monoisotopic (exact) mass is 237 g/mol. The third-order valence-corrected chi connectivity index (χ3v) is 2.48. The van der Waals surface area contributed by atoms with Crippen LogP contribution >= 0.6 is 11.6 Å². The number of rotatable bonds is 3. The van der Waals surface area contributed by atoms with Crippen LogP contribution < -0.4 is 4.74 Å². The fourth-order valence-corrected chi connectivity index (χ4v) is 1.63. The molecule has 0 spiro atoms. The van der Waals surface area contributed by atoms with Crippen molar-refractivity contribution in [2.45, 2.75) is 0 Å². The van der Waals surface area contributed by atoms with Gasteiger partial charge in [-0.05, 0) is 23.7 Å². The summed E-state index contributed by atoms with van der Waals surface area (Å²) in [5.41, 5.74) is 0.998. The van der Waals surface area contributed by atoms with Crippen LogP contribution in [-0.4, -0.2) is 23.1 Å². The zero-order chi connectivity index (χ0) is 11.7. The van der Waals surface area contributed by atoms with E-state index in [0.717, 1.165) is 5.52 Å². The first-order valence-electron chi connectivity index (χ1n) is 4.52. The van der Waals surface area contributed by atoms with Crippen LogP contribution in [-0.2, 0) is 4.79 Å². The number of benzene rings is 1. The summed E-state index contributed by atoms with van der Waals surface area (Å²) in [5, 5.41) is -0.337. The van der Waals surface area contributed by atoms with Gasteiger partial charge in [0.1, 0.15) is 5.75 Å². The second-order valence-electron chi connectivity index (χ2n) is 3.22. The van der Waals surface area contributed by atoms with E-state index in [1.165, 1.54) is 6.20 Å². The van der Waals surface area contributed by atoms with Crippen molar-refractivity contribution in [3.05, 3.63) is 30.0 Å². The van der Waals surface area contributed by atoms with Crippen molar-refractivity contribution in [3.8, 4) is 5.75 Å². The molecular weight excluding hydrogens is 230 g/mol. The number of ketones is 1. The summed E-state index contributed by atoms with van der Waals surface area (Å²) in [5.74, 6) is -0.0383. The minimum absolute atomic E-state index is 0.276. The van der Waals surface area contributed by atoms with Crippen LogP contribution in [0.5, 0.6) is 5.75 Å². The molecule has 1 aromatic heterocycles. The van der Waals surface area contributed by atoms with Gasteiger partial charge in [-0.25, -0.2) is 0 Å². The molecule has 0 amide bonds. The highest BCUT2D eigenvalue weighted by molar-refractivity contribution is 6.83. The number of nitrogens with one attached hydrogen (secondary N) is 1. The van der Waals surface area contributed by atoms with Gasteiger partial charge >= 0.3 is 0 Å². The van der Waals surface area contributed by atoms with Crippen LogP contribution in [0.25, 0.3) is 10.9 Å². The lowest BCUT2D eigenvalue weighted by atomic mass is 10.1. The molecule has 0 aliphatic carbocycles. The highest BCUT2D eigenvalue weighted by Crippen LogP contribution is 2.23. The molecule has 0 saturated carbocycles. The molecule has 16 heavy (non-hydrogen) atoms. The molecule has 1 heterocycles. The van der Waals surface area contributed by atoms with E-state index in [1.807, 2.05) is 0 Å². The zero-order valence-corrected chi connectivity index (χ0v) is 9.17. The van der Waals surface area contributed by atoms with Gasteiger partial charge in [-0.2, -0.15) is 0 Å². The van der Waals surface area contributed by atoms with Crippen molar-refractivity contribution in [1.82, 2.24) is 4.98 Å². The molecule has 0 radical (unpaired) electrons. The van der Waals surface area contributed by atoms with Crippen LogP contribution in [0.4, 0.5) is 0 Å². The summed E-state index contributed by atoms with van der Waals surface area (Å²) in [6, 6.07) is 5.16. The lowest BCUT2D eigenvalue weighted by molar-refractivity contribution is -0.108. The first-order chi connectivity index (χ1) is 7.63. The Kier molecular flexibility index (Phi) is 2.66. The zero-order valence-electron chi connectivity index (χ0n) is 8.41. The second-order valence-corrected chi connectivity index (χ2v) is 3.56. The standard InChI is InChI=1S/C11H8ClNO3/c1-16-6-2-3-7-8(10(14)11(12)15)5-13-9(7)4-6/h2-5,13H,1H3. The van der Waals surface area contributed by atoms with Crippen LogP contribution in [0.1, 0.15) is 10.4 Å². The Morgan fingerprint density at radius 3 is 2.75 bits per heavy atom. The number of halogens is 1. The summed E-state index contributed by atoms with van der Waals surface area (Å²) >= 11 is 5.15. The van der Waals surface area contributed by atoms with Gasteiger partial charge in [0, 0.05) is 23.2 Å². The molecule has 4 nitrogen and oxygen atoms in total. The summed E-state index contributed by atoms with van der Waals surface area (Å²) in [6.07, 6.45) is 1.46. The number of carbonyl (C=O) groups is 2. The van der Waals surface area contributed by atoms with Crippen molar-refractivity contribution in [2.75, 3.05) is 7.11 Å². The molecule has 0 fully saturated rings. The number of carbonyl (C=O) groups excluding carboxylic acids is 2. The Morgan fingerprint density at radius 2 is 2.12 bits per heavy atom. The SMILES string of the molecule is COc1ccc2c(C(=O)C(=O)Cl)c[nH]c2c1. The number of Topliss-reactive ketones (excluding diaryl/α,β-unsaturated/α-hetero) is 1. The van der Waals surface area contributed by atoms with Gasteiger partial charge in [-0.1, -0.05) is 0 Å². The molecule has 2 aromatic rings. The Morgan fingerprint density at radius 1 is 1.38 bits per heavy atom. The molecule has 0 atom stereocenters. The number of hydrogen-bond donors (Lipinski definition) is 1. The molecule has 0 unspecified atom stereocenters. The number of methoxy groups -OCH3 is 1. The number of fused-ring (bicyclic) bond motifs is 1. The average molecular weight is 238 g/mol. The molecular formula is C11H8ClNO3. The topological polar surface area (TPSA) is 59.2 Å². The molecule has 0 aliphatic rings. The predicted molar refractivity (Wildman–Crippen MR) is 60.0 cm³/mol. The largest absolute Gasteiger partial charge is 0.497 e. The summed E-state index contributed by atoms with van der Waals surface area (Å²) < 4.78 is 5.04. The first kappa shape index (κ1) is 10.7. The maximum Gasteiger partial charge on any atom is 0.293 e. The molecule has 0 bridgehead atoms. The Bertz CT molecular complexity index is 574. The maximum atomic E-state index is 11.4. The molecule has 1 aromatic carbocycles. The van der Waals surface area contributed by atoms with E-state index in [1.54, 1.807) is 25.3 Å². The van der Waals surface area contributed by atoms with E-state index >= 15 is 0 Å². The molecule has 82 valence electrons. The minimum Gasteiger partial charge on any atom is -0.497 e. The lowest BCUT2D eigenvalue weighted by Crippen LogP contribution is -2.06. The van der Waals surface area contributed by atoms with E-state index in [2.05, 4.69) is 4.98 Å². The van der Waals surface area contributed by atoms with Crippen LogP contribution in [0.2, 0.25) is 0 Å². The van der Waals surface area contributed by atoms with Gasteiger partial charge < -0.3 is 9.72 Å². The molecule has 2 rings (SSSR count). The van der Waals surface area contributed by atoms with Crippen LogP contribution in [0.15, 0.2) is 24.4 Å². The highest BCUT2D eigenvalue weighted by Gasteiger charge is 2.17. The highest BCUT2D eigenvalue weighted by atomic mass is 35.5. The smallest absolute Gasteiger partial charge is 0.293 e. The number of H-pyrrole nitrogens is 1.